The second-order valence-corrected chi connectivity index (χ2v) is 9.21. The summed E-state index contributed by atoms with van der Waals surface area (Å²) in [4.78, 5) is 13.0. The van der Waals surface area contributed by atoms with E-state index in [0.717, 1.165) is 44.4 Å². The van der Waals surface area contributed by atoms with E-state index in [2.05, 4.69) is 25.2 Å². The van der Waals surface area contributed by atoms with Crippen molar-refractivity contribution in [1.82, 2.24) is 19.9 Å². The van der Waals surface area contributed by atoms with Crippen LogP contribution < -0.4 is 5.32 Å². The van der Waals surface area contributed by atoms with E-state index in [0.29, 0.717) is 29.6 Å². The molecular weight excluding hydrogens is 438 g/mol. The number of aromatic amines is 1. The van der Waals surface area contributed by atoms with Crippen LogP contribution in [0.1, 0.15) is 29.3 Å². The Kier molecular flexibility index (Phi) is 4.84. The number of fused-ring (bicyclic) bond motifs is 3. The molecule has 4 heterocycles. The molecule has 3 aromatic rings. The van der Waals surface area contributed by atoms with Gasteiger partial charge >= 0.3 is 6.18 Å². The quantitative estimate of drug-likeness (QED) is 0.574. The third-order valence-corrected chi connectivity index (χ3v) is 7.33. The number of nitrogens with zero attached hydrogens (tertiary/aromatic N) is 3. The topological polar surface area (TPSA) is 66.1 Å². The summed E-state index contributed by atoms with van der Waals surface area (Å²) < 4.78 is 60.1. The Bertz CT molecular complexity index is 1180. The number of halogens is 4. The molecule has 174 valence electrons. The van der Waals surface area contributed by atoms with Crippen molar-refractivity contribution in [2.45, 2.75) is 31.1 Å². The molecule has 1 aliphatic carbocycles. The van der Waals surface area contributed by atoms with E-state index < -0.39 is 11.9 Å². The summed E-state index contributed by atoms with van der Waals surface area (Å²) in [6, 6.07) is 5.82. The van der Waals surface area contributed by atoms with Crippen molar-refractivity contribution in [1.29, 1.82) is 0 Å². The summed E-state index contributed by atoms with van der Waals surface area (Å²) in [5.41, 5.74) is 0.724. The molecule has 33 heavy (non-hydrogen) atoms. The summed E-state index contributed by atoms with van der Waals surface area (Å²) in [6.07, 6.45) is -1.91. The normalized spacial score (nSPS) is 27.6. The van der Waals surface area contributed by atoms with Crippen LogP contribution in [0.25, 0.3) is 11.0 Å². The van der Waals surface area contributed by atoms with Crippen molar-refractivity contribution in [3.63, 3.8) is 0 Å². The van der Waals surface area contributed by atoms with E-state index in [9.17, 15) is 17.6 Å². The van der Waals surface area contributed by atoms with Gasteiger partial charge in [-0.1, -0.05) is 12.1 Å². The van der Waals surface area contributed by atoms with Crippen LogP contribution in [-0.4, -0.2) is 52.2 Å². The predicted octanol–water partition coefficient (Wildman–Crippen LogP) is 4.16. The van der Waals surface area contributed by atoms with Crippen LogP contribution in [0.2, 0.25) is 0 Å². The van der Waals surface area contributed by atoms with Gasteiger partial charge in [0.25, 0.3) is 0 Å². The van der Waals surface area contributed by atoms with Gasteiger partial charge in [-0.3, -0.25) is 4.90 Å². The lowest BCUT2D eigenvalue weighted by Crippen LogP contribution is -2.44. The Morgan fingerprint density at radius 1 is 1.12 bits per heavy atom. The highest BCUT2D eigenvalue weighted by Crippen LogP contribution is 2.41. The maximum absolute atomic E-state index is 14.6. The highest BCUT2D eigenvalue weighted by atomic mass is 19.4. The fourth-order valence-corrected chi connectivity index (χ4v) is 5.71. The molecule has 2 aromatic heterocycles. The number of H-pyrrole nitrogens is 1. The van der Waals surface area contributed by atoms with Gasteiger partial charge in [0, 0.05) is 31.0 Å². The van der Waals surface area contributed by atoms with Crippen molar-refractivity contribution in [3.8, 4) is 0 Å². The highest BCUT2D eigenvalue weighted by Gasteiger charge is 2.44. The molecular formula is C23H23F4N5O. The first-order chi connectivity index (χ1) is 15.9. The number of alkyl halides is 3. The van der Waals surface area contributed by atoms with Crippen molar-refractivity contribution in [2.75, 3.05) is 31.6 Å². The van der Waals surface area contributed by atoms with Gasteiger partial charge in [-0.2, -0.15) is 13.2 Å². The number of ether oxygens (including phenoxy) is 1. The lowest BCUT2D eigenvalue weighted by molar-refractivity contribution is -0.140. The molecule has 2 saturated heterocycles. The van der Waals surface area contributed by atoms with Crippen molar-refractivity contribution in [2.24, 2.45) is 11.8 Å². The first-order valence-corrected chi connectivity index (χ1v) is 11.1. The zero-order valence-corrected chi connectivity index (χ0v) is 17.7. The van der Waals surface area contributed by atoms with Gasteiger partial charge in [-0.15, -0.1) is 0 Å². The number of benzene rings is 1. The molecule has 1 aromatic carbocycles. The van der Waals surface area contributed by atoms with Gasteiger partial charge in [0.15, 0.2) is 0 Å². The van der Waals surface area contributed by atoms with Gasteiger partial charge in [0.2, 0.25) is 0 Å². The smallest absolute Gasteiger partial charge is 0.381 e. The molecule has 0 amide bonds. The van der Waals surface area contributed by atoms with Crippen molar-refractivity contribution >= 4 is 16.9 Å². The fourth-order valence-electron chi connectivity index (χ4n) is 5.71. The zero-order valence-electron chi connectivity index (χ0n) is 17.7. The summed E-state index contributed by atoms with van der Waals surface area (Å²) in [6.45, 7) is 3.32. The van der Waals surface area contributed by atoms with Gasteiger partial charge < -0.3 is 15.0 Å². The Morgan fingerprint density at radius 3 is 2.67 bits per heavy atom. The maximum atomic E-state index is 14.6. The summed E-state index contributed by atoms with van der Waals surface area (Å²) in [5, 5.41) is 3.65. The van der Waals surface area contributed by atoms with Crippen LogP contribution >= 0.6 is 0 Å². The monoisotopic (exact) mass is 461 g/mol. The largest absolute Gasteiger partial charge is 0.431 e. The molecule has 0 saturated carbocycles. The Hall–Kier alpha value is -2.72. The van der Waals surface area contributed by atoms with Crippen LogP contribution in [0.4, 0.5) is 23.4 Å². The van der Waals surface area contributed by atoms with E-state index in [-0.39, 0.29) is 28.9 Å². The second-order valence-electron chi connectivity index (χ2n) is 9.21. The Balaban J connectivity index is 1.39. The van der Waals surface area contributed by atoms with Crippen LogP contribution in [0.3, 0.4) is 0 Å². The molecule has 3 aliphatic rings. The average Bonchev–Trinajstić information content (AvgIpc) is 3.49. The SMILES string of the molecule is Fc1cccc2c1CC[C@H](N1C[C@H]3COC[C@H]3C1)[C@H]2Nc1ncnc2[nH]c(C(F)(F)F)cc12. The lowest BCUT2D eigenvalue weighted by Gasteiger charge is -2.40. The van der Waals surface area contributed by atoms with Gasteiger partial charge in [0.05, 0.1) is 24.6 Å². The number of hydrogen-bond donors (Lipinski definition) is 2. The molecule has 2 N–H and O–H groups in total. The third kappa shape index (κ3) is 3.56. The minimum atomic E-state index is -4.52. The number of likely N-dealkylation sites (tertiary alicyclic amines) is 1. The van der Waals surface area contributed by atoms with E-state index in [4.69, 9.17) is 4.74 Å². The van der Waals surface area contributed by atoms with Gasteiger partial charge in [-0.25, -0.2) is 14.4 Å². The summed E-state index contributed by atoms with van der Waals surface area (Å²) >= 11 is 0. The zero-order chi connectivity index (χ0) is 22.7. The predicted molar refractivity (Wildman–Crippen MR) is 113 cm³/mol. The lowest BCUT2D eigenvalue weighted by atomic mass is 9.82. The minimum absolute atomic E-state index is 0.0657. The molecule has 6 rings (SSSR count). The minimum Gasteiger partial charge on any atom is -0.381 e. The summed E-state index contributed by atoms with van der Waals surface area (Å²) in [7, 11) is 0. The molecule has 10 heteroatoms. The van der Waals surface area contributed by atoms with Crippen LogP contribution in [0, 0.1) is 17.7 Å². The number of aromatic nitrogens is 3. The first kappa shape index (κ1) is 20.9. The molecule has 0 radical (unpaired) electrons. The van der Waals surface area contributed by atoms with Crippen molar-refractivity contribution in [3.05, 3.63) is 53.2 Å². The Morgan fingerprint density at radius 2 is 1.91 bits per heavy atom. The molecule has 0 unspecified atom stereocenters. The molecule has 6 nitrogen and oxygen atoms in total. The first-order valence-electron chi connectivity index (χ1n) is 11.1. The number of anilines is 1. The Labute approximate surface area is 187 Å². The second kappa shape index (κ2) is 7.66. The van der Waals surface area contributed by atoms with Crippen LogP contribution in [0.5, 0.6) is 0 Å². The van der Waals surface area contributed by atoms with E-state index in [1.54, 1.807) is 6.07 Å². The highest BCUT2D eigenvalue weighted by molar-refractivity contribution is 5.88. The molecule has 4 atom stereocenters. The standard InChI is InChI=1S/C23H23F4N5O/c24-17-3-1-2-15-14(17)4-5-18(32-7-12-9-33-10-13(12)8-32)20(15)31-22-16-6-19(23(25,26)27)30-21(16)28-11-29-22/h1-3,6,11-13,18,20H,4-5,7-10H2,(H2,28,29,30,31)/t12-,13+,18-,20-/m0/s1. The van der Waals surface area contributed by atoms with E-state index in [1.807, 2.05) is 6.07 Å². The molecule has 2 aliphatic heterocycles. The van der Waals surface area contributed by atoms with Crippen molar-refractivity contribution < 1.29 is 22.3 Å². The third-order valence-electron chi connectivity index (χ3n) is 7.33. The van der Waals surface area contributed by atoms with Gasteiger partial charge in [-0.05, 0) is 36.1 Å². The van der Waals surface area contributed by atoms with Gasteiger partial charge in [0.1, 0.15) is 29.3 Å². The molecule has 2 fully saturated rings. The molecule has 0 bridgehead atoms. The van der Waals surface area contributed by atoms with Crippen LogP contribution in [0.15, 0.2) is 30.6 Å². The summed E-state index contributed by atoms with van der Waals surface area (Å²) in [5.74, 6) is 1.04. The molecule has 0 spiro atoms. The average molecular weight is 461 g/mol. The van der Waals surface area contributed by atoms with Crippen LogP contribution in [-0.2, 0) is 17.3 Å². The number of hydrogen-bond acceptors (Lipinski definition) is 5. The number of nitrogens with one attached hydrogen (secondary N) is 2. The fraction of sp³-hybridized carbons (Fsp3) is 0.478. The maximum Gasteiger partial charge on any atom is 0.431 e. The van der Waals surface area contributed by atoms with E-state index in [1.165, 1.54) is 12.4 Å². The number of rotatable bonds is 3. The van der Waals surface area contributed by atoms with E-state index >= 15 is 0 Å².